The van der Waals surface area contributed by atoms with Crippen LogP contribution in [0.1, 0.15) is 105 Å². The largest absolute Gasteiger partial charge is 0.433 e. The number of hydrogen-bond donors (Lipinski definition) is 4. The molecule has 571 valence electrons. The van der Waals surface area contributed by atoms with Crippen molar-refractivity contribution in [1.82, 2.24) is 4.57 Å². The summed E-state index contributed by atoms with van der Waals surface area (Å²) in [6.45, 7) is 0. The Morgan fingerprint density at radius 3 is 1.05 bits per heavy atom. The molecule has 5 aliphatic rings. The molecule has 3 unspecified atom stereocenters. The van der Waals surface area contributed by atoms with Crippen LogP contribution in [-0.2, 0) is 39.4 Å². The van der Waals surface area contributed by atoms with Gasteiger partial charge < -0.3 is 25.4 Å². The first kappa shape index (κ1) is 81.1. The van der Waals surface area contributed by atoms with Gasteiger partial charge in [0.25, 0.3) is 0 Å². The average Bonchev–Trinajstić information content (AvgIpc) is 1.48. The number of alkyl halides is 9. The first-order valence-electron chi connectivity index (χ1n) is 37.1. The first-order chi connectivity index (χ1) is 54.4. The van der Waals surface area contributed by atoms with Crippen molar-refractivity contribution in [2.45, 2.75) is 90.3 Å². The third-order valence-electron chi connectivity index (χ3n) is 21.7. The number of hydrogen-bond acceptors (Lipinski definition) is 4. The Kier molecular flexibility index (Phi) is 23.2. The van der Waals surface area contributed by atoms with Gasteiger partial charge in [0.15, 0.2) is 0 Å². The van der Waals surface area contributed by atoms with E-state index in [1.165, 1.54) is 30.3 Å². The van der Waals surface area contributed by atoms with E-state index in [0.717, 1.165) is 101 Å². The standard InChI is InChI=1S/2C32H25ClF3NO.C32H23ClF3N.Ac/c2*33-27-18-19-29(28(22-27)30(38,32(34,35)36)21-20-23-16-17-23)37-31(24-10-4-1-5-11-24,25-12-6-2-7-13-25)26-14-8-3-9-15-26;33-24-17-18-26-25(20-24)28(32(34,35)36)29-30(21-15-16-21)19-9-3-8-14-27(30)31(37(26)29,22-10-4-1-5-11-22)23-12-6-2-7-13-23;/h2*1-15,18-19,22-23,37-38H,16-17H2;1-14,17-21H,15-16H2;. The van der Waals surface area contributed by atoms with Gasteiger partial charge in [-0.1, -0.05) is 332 Å². The number of anilines is 2. The average molecular weight is 1800 g/mol. The molecule has 0 saturated heterocycles. The van der Waals surface area contributed by atoms with Gasteiger partial charge in [-0.15, -0.1) is 0 Å². The van der Waals surface area contributed by atoms with E-state index in [9.17, 15) is 36.6 Å². The summed E-state index contributed by atoms with van der Waals surface area (Å²) in [6, 6.07) is 90.0. The maximum absolute atomic E-state index is 15.2. The number of halogens is 12. The van der Waals surface area contributed by atoms with Gasteiger partial charge in [-0.05, 0) is 149 Å². The SMILES string of the molecule is FC(F)(F)c1c2n(c3ccc(Cl)cc13)C(c1ccccc1)(c1ccccc1)C1=CC=CC=CC12C1CC1.OC(C#CC1CC1)(c1cc(Cl)ccc1NC(c1ccccc1)(c1ccccc1)c1ccccc1)C(F)(F)F.OC(C#CC1CC1)(c1cc(Cl)ccc1NC(c1ccccc1)(c1ccccc1)c1ccccc1)C(F)(F)F.[Ac]. The predicted molar refractivity (Wildman–Crippen MR) is 431 cm³/mol. The number of aliphatic hydroxyl groups is 2. The van der Waals surface area contributed by atoms with Gasteiger partial charge in [0.1, 0.15) is 16.6 Å². The molecule has 4 aliphatic carbocycles. The van der Waals surface area contributed by atoms with Crippen LogP contribution in [0.4, 0.5) is 50.9 Å². The second-order valence-corrected chi connectivity index (χ2v) is 30.3. The zero-order valence-corrected chi connectivity index (χ0v) is 68.1. The monoisotopic (exact) mass is 1800 g/mol. The number of allylic oxidation sites excluding steroid dienone is 6. The topological polar surface area (TPSA) is 69.5 Å². The van der Waals surface area contributed by atoms with Crippen LogP contribution in [0.15, 0.2) is 333 Å². The van der Waals surface area contributed by atoms with Crippen LogP contribution in [0.2, 0.25) is 15.1 Å². The fourth-order valence-corrected chi connectivity index (χ4v) is 16.7. The maximum Gasteiger partial charge on any atom is 0.433 e. The van der Waals surface area contributed by atoms with Crippen LogP contribution in [-0.4, -0.2) is 27.1 Å². The minimum absolute atomic E-state index is 0. The summed E-state index contributed by atoms with van der Waals surface area (Å²) in [4.78, 5) is 0. The molecule has 5 nitrogen and oxygen atoms in total. The number of nitrogens with zero attached hydrogens (tertiary/aromatic N) is 1. The third kappa shape index (κ3) is 15.2. The van der Waals surface area contributed by atoms with Crippen molar-refractivity contribution in [2.24, 2.45) is 17.8 Å². The fourth-order valence-electron chi connectivity index (χ4n) is 16.1. The van der Waals surface area contributed by atoms with Gasteiger partial charge in [-0.2, -0.15) is 39.5 Å². The molecule has 0 amide bonds. The van der Waals surface area contributed by atoms with Crippen molar-refractivity contribution in [3.05, 3.63) is 415 Å². The Hall–Kier alpha value is -9.50. The number of nitrogens with one attached hydrogen (secondary N) is 2. The molecule has 11 aromatic carbocycles. The van der Waals surface area contributed by atoms with E-state index < -0.39 is 68.5 Å². The Bertz CT molecular complexity index is 5200. The smallest absolute Gasteiger partial charge is 0.368 e. The molecule has 17 rings (SSSR count). The van der Waals surface area contributed by atoms with Crippen LogP contribution in [0.25, 0.3) is 10.9 Å². The molecule has 18 heteroatoms. The molecule has 3 atom stereocenters. The number of fused-ring (bicyclic) bond motifs is 5. The molecule has 1 radical (unpaired) electrons. The van der Waals surface area contributed by atoms with E-state index in [4.69, 9.17) is 34.8 Å². The summed E-state index contributed by atoms with van der Waals surface area (Å²) in [5.41, 5.74) is -3.79. The minimum Gasteiger partial charge on any atom is -0.368 e. The van der Waals surface area contributed by atoms with Gasteiger partial charge in [-0.3, -0.25) is 0 Å². The molecule has 2 heterocycles. The Balaban J connectivity index is 0.000000141. The number of benzene rings is 11. The molecule has 3 saturated carbocycles. The van der Waals surface area contributed by atoms with Crippen LogP contribution in [0.3, 0.4) is 0 Å². The van der Waals surface area contributed by atoms with Crippen LogP contribution in [0.5, 0.6) is 0 Å². The van der Waals surface area contributed by atoms with Crippen LogP contribution >= 0.6 is 34.8 Å². The molecule has 114 heavy (non-hydrogen) atoms. The van der Waals surface area contributed by atoms with Crippen molar-refractivity contribution in [3.63, 3.8) is 0 Å². The molecule has 3 fully saturated rings. The van der Waals surface area contributed by atoms with E-state index in [-0.39, 0.29) is 88.6 Å². The summed E-state index contributed by atoms with van der Waals surface area (Å²) in [5.74, 6) is 9.36. The zero-order valence-electron chi connectivity index (χ0n) is 61.1. The van der Waals surface area contributed by atoms with Gasteiger partial charge >= 0.3 is 18.5 Å². The predicted octanol–water partition coefficient (Wildman–Crippen LogP) is 24.6. The van der Waals surface area contributed by atoms with E-state index in [2.05, 4.69) is 40.4 Å². The minimum atomic E-state index is -5.06. The van der Waals surface area contributed by atoms with Gasteiger partial charge in [0.2, 0.25) is 11.2 Å². The maximum atomic E-state index is 15.2. The summed E-state index contributed by atoms with van der Waals surface area (Å²) in [7, 11) is 0. The Morgan fingerprint density at radius 1 is 0.395 bits per heavy atom. The van der Waals surface area contributed by atoms with Crippen LogP contribution in [0, 0.1) is 85.5 Å². The fraction of sp³-hybridized carbons (Fsp3) is 0.188. The molecule has 4 N–H and O–H groups in total. The molecule has 1 aliphatic heterocycles. The van der Waals surface area contributed by atoms with Crippen molar-refractivity contribution in [3.8, 4) is 23.7 Å². The van der Waals surface area contributed by atoms with Crippen molar-refractivity contribution in [2.75, 3.05) is 10.6 Å². The summed E-state index contributed by atoms with van der Waals surface area (Å²) < 4.78 is 135. The van der Waals surface area contributed by atoms with Gasteiger partial charge in [0, 0.05) is 105 Å². The van der Waals surface area contributed by atoms with Gasteiger partial charge in [-0.25, -0.2) is 0 Å². The summed E-state index contributed by atoms with van der Waals surface area (Å²) in [6.07, 6.45) is -0.151. The molecular formula is C96H73AcCl3F9N3O2. The van der Waals surface area contributed by atoms with E-state index in [1.54, 1.807) is 12.1 Å². The number of aromatic nitrogens is 1. The van der Waals surface area contributed by atoms with Gasteiger partial charge in [0.05, 0.1) is 16.5 Å². The molecular weight excluding hydrogens is 1730 g/mol. The van der Waals surface area contributed by atoms with Crippen molar-refractivity contribution < 1.29 is 93.8 Å². The van der Waals surface area contributed by atoms with E-state index >= 15 is 13.2 Å². The summed E-state index contributed by atoms with van der Waals surface area (Å²) >= 11 is 18.8. The normalized spacial score (nSPS) is 17.3. The number of rotatable bonds is 15. The molecule has 1 aromatic heterocycles. The van der Waals surface area contributed by atoms with E-state index in [1.807, 2.05) is 272 Å². The summed E-state index contributed by atoms with van der Waals surface area (Å²) in [5, 5.41) is 29.9. The second-order valence-electron chi connectivity index (χ2n) is 29.0. The first-order valence-corrected chi connectivity index (χ1v) is 38.2. The second kappa shape index (κ2) is 32.6. The van der Waals surface area contributed by atoms with E-state index in [0.29, 0.717) is 16.2 Å². The Morgan fingerprint density at radius 2 is 0.728 bits per heavy atom. The third-order valence-corrected chi connectivity index (χ3v) is 22.4. The Labute approximate surface area is 706 Å². The quantitative estimate of drug-likeness (QED) is 0.0469. The zero-order chi connectivity index (χ0) is 79.0. The molecule has 12 aromatic rings. The van der Waals surface area contributed by atoms with Crippen molar-refractivity contribution >= 4 is 57.1 Å². The van der Waals surface area contributed by atoms with Crippen molar-refractivity contribution in [1.29, 1.82) is 0 Å². The molecule has 0 bridgehead atoms. The molecule has 0 spiro atoms. The van der Waals surface area contributed by atoms with Crippen LogP contribution < -0.4 is 10.6 Å².